The number of anilines is 2. The Hall–Kier alpha value is -3.32. The van der Waals surface area contributed by atoms with Crippen LogP contribution in [0.15, 0.2) is 89.8 Å². The standard InChI is InChI=1S/C22H22N2O4S/c1-2-24(20-11-7-4-8-12-20)29(26,27)21-15-13-19(14-16-21)23-22(25)28-17-18-9-5-3-6-10-18/h3-16H,2,17H2,1H3,(H,23,25). The van der Waals surface area contributed by atoms with Gasteiger partial charge in [-0.15, -0.1) is 0 Å². The molecule has 0 spiro atoms. The van der Waals surface area contributed by atoms with E-state index in [1.54, 1.807) is 31.2 Å². The third kappa shape index (κ3) is 5.14. The van der Waals surface area contributed by atoms with Crippen molar-refractivity contribution in [2.24, 2.45) is 0 Å². The van der Waals surface area contributed by atoms with Gasteiger partial charge >= 0.3 is 6.09 Å². The van der Waals surface area contributed by atoms with Gasteiger partial charge in [0.25, 0.3) is 10.0 Å². The van der Waals surface area contributed by atoms with Crippen molar-refractivity contribution >= 4 is 27.5 Å². The number of para-hydroxylation sites is 1. The van der Waals surface area contributed by atoms with Gasteiger partial charge < -0.3 is 4.74 Å². The Balaban J connectivity index is 1.66. The second-order valence-corrected chi connectivity index (χ2v) is 8.08. The summed E-state index contributed by atoms with van der Waals surface area (Å²) in [7, 11) is -3.71. The average Bonchev–Trinajstić information content (AvgIpc) is 2.74. The van der Waals surface area contributed by atoms with E-state index in [-0.39, 0.29) is 11.5 Å². The molecular formula is C22H22N2O4S. The first-order chi connectivity index (χ1) is 14.0. The summed E-state index contributed by atoms with van der Waals surface area (Å²) in [6, 6.07) is 24.3. The third-order valence-corrected chi connectivity index (χ3v) is 6.15. The van der Waals surface area contributed by atoms with Gasteiger partial charge in [0, 0.05) is 12.2 Å². The fourth-order valence-electron chi connectivity index (χ4n) is 2.80. The largest absolute Gasteiger partial charge is 0.444 e. The monoisotopic (exact) mass is 410 g/mol. The molecule has 6 nitrogen and oxygen atoms in total. The van der Waals surface area contributed by atoms with Gasteiger partial charge in [0.2, 0.25) is 0 Å². The number of rotatable bonds is 7. The summed E-state index contributed by atoms with van der Waals surface area (Å²) in [5, 5.41) is 2.60. The minimum Gasteiger partial charge on any atom is -0.444 e. The summed E-state index contributed by atoms with van der Waals surface area (Å²) in [6.07, 6.45) is -0.607. The maximum Gasteiger partial charge on any atom is 0.411 e. The van der Waals surface area contributed by atoms with Crippen LogP contribution >= 0.6 is 0 Å². The molecule has 7 heteroatoms. The SMILES string of the molecule is CCN(c1ccccc1)S(=O)(=O)c1ccc(NC(=O)OCc2ccccc2)cc1. The van der Waals surface area contributed by atoms with E-state index in [2.05, 4.69) is 5.32 Å². The molecule has 150 valence electrons. The van der Waals surface area contributed by atoms with Crippen LogP contribution in [0.5, 0.6) is 0 Å². The molecule has 0 unspecified atom stereocenters. The van der Waals surface area contributed by atoms with E-state index < -0.39 is 16.1 Å². The van der Waals surface area contributed by atoms with Gasteiger partial charge in [-0.25, -0.2) is 13.2 Å². The lowest BCUT2D eigenvalue weighted by atomic mass is 10.2. The fraction of sp³-hybridized carbons (Fsp3) is 0.136. The molecule has 3 aromatic rings. The number of hydrogen-bond acceptors (Lipinski definition) is 4. The van der Waals surface area contributed by atoms with Gasteiger partial charge in [-0.2, -0.15) is 0 Å². The molecule has 3 aromatic carbocycles. The highest BCUT2D eigenvalue weighted by Gasteiger charge is 2.23. The Bertz CT molecular complexity index is 1040. The fourth-order valence-corrected chi connectivity index (χ4v) is 4.27. The lowest BCUT2D eigenvalue weighted by Crippen LogP contribution is -2.30. The molecular weight excluding hydrogens is 388 g/mol. The number of carbonyl (C=O) groups is 1. The van der Waals surface area contributed by atoms with E-state index in [9.17, 15) is 13.2 Å². The Labute approximate surface area is 170 Å². The highest BCUT2D eigenvalue weighted by molar-refractivity contribution is 7.92. The minimum atomic E-state index is -3.71. The number of nitrogens with zero attached hydrogens (tertiary/aromatic N) is 1. The van der Waals surface area contributed by atoms with Crippen molar-refractivity contribution in [3.05, 3.63) is 90.5 Å². The van der Waals surface area contributed by atoms with E-state index in [4.69, 9.17) is 4.74 Å². The van der Waals surface area contributed by atoms with Gasteiger partial charge in [-0.1, -0.05) is 48.5 Å². The van der Waals surface area contributed by atoms with Crippen LogP contribution < -0.4 is 9.62 Å². The summed E-state index contributed by atoms with van der Waals surface area (Å²) in [5.74, 6) is 0. The summed E-state index contributed by atoms with van der Waals surface area (Å²) >= 11 is 0. The van der Waals surface area contributed by atoms with Crippen molar-refractivity contribution in [3.8, 4) is 0 Å². The number of amides is 1. The first-order valence-electron chi connectivity index (χ1n) is 9.16. The van der Waals surface area contributed by atoms with E-state index in [0.717, 1.165) is 5.56 Å². The van der Waals surface area contributed by atoms with Crippen molar-refractivity contribution in [2.45, 2.75) is 18.4 Å². The van der Waals surface area contributed by atoms with Crippen molar-refractivity contribution in [3.63, 3.8) is 0 Å². The highest BCUT2D eigenvalue weighted by atomic mass is 32.2. The van der Waals surface area contributed by atoms with E-state index in [1.165, 1.54) is 28.6 Å². The van der Waals surface area contributed by atoms with Crippen molar-refractivity contribution in [1.82, 2.24) is 0 Å². The molecule has 29 heavy (non-hydrogen) atoms. The van der Waals surface area contributed by atoms with Gasteiger partial charge in [0.05, 0.1) is 10.6 Å². The van der Waals surface area contributed by atoms with E-state index in [0.29, 0.717) is 17.9 Å². The third-order valence-electron chi connectivity index (χ3n) is 4.23. The molecule has 1 amide bonds. The molecule has 0 atom stereocenters. The van der Waals surface area contributed by atoms with Crippen LogP contribution in [0.4, 0.5) is 16.2 Å². The smallest absolute Gasteiger partial charge is 0.411 e. The van der Waals surface area contributed by atoms with Crippen molar-refractivity contribution < 1.29 is 17.9 Å². The average molecular weight is 410 g/mol. The molecule has 0 saturated heterocycles. The number of ether oxygens (including phenoxy) is 1. The maximum absolute atomic E-state index is 13.0. The predicted octanol–water partition coefficient (Wildman–Crippen LogP) is 4.65. The Morgan fingerprint density at radius 1 is 0.897 bits per heavy atom. The van der Waals surface area contributed by atoms with Crippen LogP contribution in [0.25, 0.3) is 0 Å². The van der Waals surface area contributed by atoms with Gasteiger partial charge in [0.1, 0.15) is 6.61 Å². The molecule has 0 heterocycles. The minimum absolute atomic E-state index is 0.145. The molecule has 0 fully saturated rings. The lowest BCUT2D eigenvalue weighted by molar-refractivity contribution is 0.155. The van der Waals surface area contributed by atoms with Gasteiger partial charge in [-0.05, 0) is 48.9 Å². The predicted molar refractivity (Wildman–Crippen MR) is 113 cm³/mol. The number of benzene rings is 3. The number of sulfonamides is 1. The number of nitrogens with one attached hydrogen (secondary N) is 1. The zero-order valence-electron chi connectivity index (χ0n) is 16.0. The van der Waals surface area contributed by atoms with Crippen LogP contribution in [-0.4, -0.2) is 21.1 Å². The number of carbonyl (C=O) groups excluding carboxylic acids is 1. The lowest BCUT2D eigenvalue weighted by Gasteiger charge is -2.23. The second kappa shape index (κ2) is 9.25. The van der Waals surface area contributed by atoms with Gasteiger partial charge in [-0.3, -0.25) is 9.62 Å². The van der Waals surface area contributed by atoms with Crippen LogP contribution in [-0.2, 0) is 21.4 Å². The van der Waals surface area contributed by atoms with Crippen LogP contribution in [0, 0.1) is 0 Å². The summed E-state index contributed by atoms with van der Waals surface area (Å²) in [5.41, 5.74) is 1.93. The molecule has 0 saturated carbocycles. The van der Waals surface area contributed by atoms with Crippen LogP contribution in [0.2, 0.25) is 0 Å². The Morgan fingerprint density at radius 3 is 2.07 bits per heavy atom. The molecule has 0 aliphatic heterocycles. The Kier molecular flexibility index (Phi) is 6.51. The topological polar surface area (TPSA) is 75.7 Å². The first kappa shape index (κ1) is 20.4. The molecule has 1 N–H and O–H groups in total. The second-order valence-electron chi connectivity index (χ2n) is 6.22. The van der Waals surface area contributed by atoms with Gasteiger partial charge in [0.15, 0.2) is 0 Å². The molecule has 3 rings (SSSR count). The highest BCUT2D eigenvalue weighted by Crippen LogP contribution is 2.24. The quantitative estimate of drug-likeness (QED) is 0.615. The molecule has 0 aromatic heterocycles. The van der Waals surface area contributed by atoms with Crippen LogP contribution in [0.1, 0.15) is 12.5 Å². The zero-order valence-corrected chi connectivity index (χ0v) is 16.8. The summed E-state index contributed by atoms with van der Waals surface area (Å²) in [4.78, 5) is 12.1. The zero-order chi connectivity index (χ0) is 20.7. The molecule has 0 bridgehead atoms. The molecule has 0 radical (unpaired) electrons. The van der Waals surface area contributed by atoms with Crippen molar-refractivity contribution in [1.29, 1.82) is 0 Å². The van der Waals surface area contributed by atoms with E-state index in [1.807, 2.05) is 36.4 Å². The summed E-state index contributed by atoms with van der Waals surface area (Å²) < 4.78 is 32.4. The number of hydrogen-bond donors (Lipinski definition) is 1. The molecule has 0 aliphatic carbocycles. The van der Waals surface area contributed by atoms with Crippen LogP contribution in [0.3, 0.4) is 0 Å². The summed E-state index contributed by atoms with van der Waals surface area (Å²) in [6.45, 7) is 2.24. The Morgan fingerprint density at radius 2 is 1.48 bits per heavy atom. The van der Waals surface area contributed by atoms with Crippen molar-refractivity contribution in [2.75, 3.05) is 16.2 Å². The normalized spacial score (nSPS) is 10.9. The van der Waals surface area contributed by atoms with E-state index >= 15 is 0 Å². The maximum atomic E-state index is 13.0. The first-order valence-corrected chi connectivity index (χ1v) is 10.6. The molecule has 0 aliphatic rings.